The zero-order valence-electron chi connectivity index (χ0n) is 12.4. The van der Waals surface area contributed by atoms with E-state index < -0.39 is 0 Å². The zero-order chi connectivity index (χ0) is 14.7. The van der Waals surface area contributed by atoms with E-state index in [1.165, 1.54) is 0 Å². The Bertz CT molecular complexity index is 594. The molecule has 0 saturated carbocycles. The number of ether oxygens (including phenoxy) is 1. The Morgan fingerprint density at radius 3 is 2.45 bits per heavy atom. The lowest BCUT2D eigenvalue weighted by molar-refractivity contribution is 0.242. The topological polar surface area (TPSA) is 61.0 Å². The van der Waals surface area contributed by atoms with Crippen LogP contribution in [-0.2, 0) is 0 Å². The summed E-state index contributed by atoms with van der Waals surface area (Å²) in [6.07, 6.45) is 0.145. The summed E-state index contributed by atoms with van der Waals surface area (Å²) in [5, 5.41) is 0. The van der Waals surface area contributed by atoms with Crippen LogP contribution >= 0.6 is 0 Å². The molecule has 1 aromatic heterocycles. The van der Waals surface area contributed by atoms with E-state index in [0.717, 1.165) is 22.8 Å². The highest BCUT2D eigenvalue weighted by molar-refractivity contribution is 5.63. The predicted molar refractivity (Wildman–Crippen MR) is 81.7 cm³/mol. The smallest absolute Gasteiger partial charge is 0.133 e. The van der Waals surface area contributed by atoms with Gasteiger partial charge in [0, 0.05) is 17.5 Å². The van der Waals surface area contributed by atoms with Crippen molar-refractivity contribution in [3.05, 3.63) is 36.2 Å². The van der Waals surface area contributed by atoms with Gasteiger partial charge in [-0.2, -0.15) is 0 Å². The third-order valence-electron chi connectivity index (χ3n) is 2.78. The lowest BCUT2D eigenvalue weighted by atomic mass is 10.1. The molecule has 1 aromatic carbocycles. The molecule has 0 atom stereocenters. The number of nitrogens with zero attached hydrogens (tertiary/aromatic N) is 2. The first kappa shape index (κ1) is 14.3. The molecule has 2 aromatic rings. The van der Waals surface area contributed by atoms with Gasteiger partial charge in [0.25, 0.3) is 0 Å². The van der Waals surface area contributed by atoms with Crippen LogP contribution in [0.5, 0.6) is 5.75 Å². The van der Waals surface area contributed by atoms with Crippen LogP contribution in [0, 0.1) is 0 Å². The highest BCUT2D eigenvalue weighted by atomic mass is 16.5. The van der Waals surface area contributed by atoms with E-state index in [4.69, 9.17) is 10.5 Å². The molecule has 0 aliphatic heterocycles. The summed E-state index contributed by atoms with van der Waals surface area (Å²) in [6.45, 7) is 8.12. The lowest BCUT2D eigenvalue weighted by Gasteiger charge is -2.12. The van der Waals surface area contributed by atoms with Crippen LogP contribution in [0.1, 0.15) is 39.4 Å². The van der Waals surface area contributed by atoms with Crippen molar-refractivity contribution in [3.8, 4) is 17.0 Å². The van der Waals surface area contributed by atoms with E-state index in [9.17, 15) is 0 Å². The maximum absolute atomic E-state index is 5.87. The maximum atomic E-state index is 5.87. The van der Waals surface area contributed by atoms with Crippen molar-refractivity contribution in [2.24, 2.45) is 0 Å². The van der Waals surface area contributed by atoms with Crippen molar-refractivity contribution in [1.82, 2.24) is 9.97 Å². The average molecular weight is 271 g/mol. The summed E-state index contributed by atoms with van der Waals surface area (Å²) in [5.41, 5.74) is 7.69. The molecule has 2 rings (SSSR count). The number of benzene rings is 1. The van der Waals surface area contributed by atoms with Crippen molar-refractivity contribution in [1.29, 1.82) is 0 Å². The lowest BCUT2D eigenvalue weighted by Crippen LogP contribution is -2.06. The maximum Gasteiger partial charge on any atom is 0.133 e. The van der Waals surface area contributed by atoms with E-state index in [1.54, 1.807) is 6.07 Å². The van der Waals surface area contributed by atoms with Gasteiger partial charge in [0.2, 0.25) is 0 Å². The molecule has 0 spiro atoms. The molecule has 106 valence electrons. The van der Waals surface area contributed by atoms with Gasteiger partial charge in [-0.3, -0.25) is 0 Å². The van der Waals surface area contributed by atoms with Crippen LogP contribution in [-0.4, -0.2) is 16.1 Å². The fourth-order valence-corrected chi connectivity index (χ4v) is 1.89. The molecule has 4 heteroatoms. The molecule has 0 fully saturated rings. The van der Waals surface area contributed by atoms with Crippen molar-refractivity contribution in [2.45, 2.75) is 39.7 Å². The largest absolute Gasteiger partial charge is 0.491 e. The minimum absolute atomic E-state index is 0.145. The second-order valence-electron chi connectivity index (χ2n) is 5.39. The van der Waals surface area contributed by atoms with Gasteiger partial charge in [0.15, 0.2) is 0 Å². The second kappa shape index (κ2) is 5.90. The number of anilines is 1. The predicted octanol–water partition coefficient (Wildman–Crippen LogP) is 3.64. The average Bonchev–Trinajstić information content (AvgIpc) is 2.37. The van der Waals surface area contributed by atoms with E-state index in [-0.39, 0.29) is 12.0 Å². The first-order valence-corrected chi connectivity index (χ1v) is 6.87. The van der Waals surface area contributed by atoms with Crippen molar-refractivity contribution in [3.63, 3.8) is 0 Å². The summed E-state index contributed by atoms with van der Waals surface area (Å²) < 4.78 is 5.71. The highest BCUT2D eigenvalue weighted by Crippen LogP contribution is 2.25. The summed E-state index contributed by atoms with van der Waals surface area (Å²) >= 11 is 0. The number of hydrogen-bond acceptors (Lipinski definition) is 4. The van der Waals surface area contributed by atoms with Crippen molar-refractivity contribution >= 4 is 5.82 Å². The fourth-order valence-electron chi connectivity index (χ4n) is 1.89. The Morgan fingerprint density at radius 2 is 1.80 bits per heavy atom. The molecule has 0 unspecified atom stereocenters. The molecule has 2 N–H and O–H groups in total. The third-order valence-corrected chi connectivity index (χ3v) is 2.78. The first-order valence-electron chi connectivity index (χ1n) is 6.87. The molecule has 0 aliphatic rings. The molecular formula is C16H21N3O. The minimum Gasteiger partial charge on any atom is -0.491 e. The number of rotatable bonds is 4. The van der Waals surface area contributed by atoms with Crippen molar-refractivity contribution < 1.29 is 4.74 Å². The third kappa shape index (κ3) is 3.47. The van der Waals surface area contributed by atoms with Crippen molar-refractivity contribution in [2.75, 3.05) is 5.73 Å². The van der Waals surface area contributed by atoms with E-state index in [1.807, 2.05) is 38.1 Å². The molecule has 4 nitrogen and oxygen atoms in total. The summed E-state index contributed by atoms with van der Waals surface area (Å²) in [4.78, 5) is 8.84. The Kier molecular flexibility index (Phi) is 4.23. The van der Waals surface area contributed by atoms with E-state index >= 15 is 0 Å². The standard InChI is InChI=1S/C16H21N3O/c1-10(2)16-18-14(9-15(17)19-16)12-6-5-7-13(8-12)20-11(3)4/h5-11H,1-4H3,(H2,17,18,19). The summed E-state index contributed by atoms with van der Waals surface area (Å²) in [6, 6.07) is 9.67. The van der Waals surface area contributed by atoms with Crippen LogP contribution in [0.3, 0.4) is 0 Å². The van der Waals surface area contributed by atoms with E-state index in [0.29, 0.717) is 5.82 Å². The first-order chi connectivity index (χ1) is 9.45. The summed E-state index contributed by atoms with van der Waals surface area (Å²) in [5.74, 6) is 2.33. The zero-order valence-corrected chi connectivity index (χ0v) is 12.4. The van der Waals surface area contributed by atoms with Crippen LogP contribution < -0.4 is 10.5 Å². The molecule has 0 saturated heterocycles. The van der Waals surface area contributed by atoms with Gasteiger partial charge in [-0.05, 0) is 26.0 Å². The van der Waals surface area contributed by atoms with Gasteiger partial charge in [-0.15, -0.1) is 0 Å². The van der Waals surface area contributed by atoms with Gasteiger partial charge in [0.1, 0.15) is 17.4 Å². The quantitative estimate of drug-likeness (QED) is 0.922. The SMILES string of the molecule is CC(C)Oc1cccc(-c2cc(N)nc(C(C)C)n2)c1. The van der Waals surface area contributed by atoms with Gasteiger partial charge in [0.05, 0.1) is 11.8 Å². The van der Waals surface area contributed by atoms with Crippen LogP contribution in [0.4, 0.5) is 5.82 Å². The molecule has 0 amide bonds. The minimum atomic E-state index is 0.145. The van der Waals surface area contributed by atoms with Gasteiger partial charge < -0.3 is 10.5 Å². The summed E-state index contributed by atoms with van der Waals surface area (Å²) in [7, 11) is 0. The Balaban J connectivity index is 2.40. The number of aromatic nitrogens is 2. The van der Waals surface area contributed by atoms with Crippen LogP contribution in [0.25, 0.3) is 11.3 Å². The number of nitrogen functional groups attached to an aromatic ring is 1. The monoisotopic (exact) mass is 271 g/mol. The second-order valence-corrected chi connectivity index (χ2v) is 5.39. The van der Waals surface area contributed by atoms with Crippen LogP contribution in [0.2, 0.25) is 0 Å². The fraction of sp³-hybridized carbons (Fsp3) is 0.375. The Labute approximate surface area is 120 Å². The molecule has 0 aliphatic carbocycles. The number of hydrogen-bond donors (Lipinski definition) is 1. The molecule has 20 heavy (non-hydrogen) atoms. The van der Waals surface area contributed by atoms with Gasteiger partial charge in [-0.1, -0.05) is 26.0 Å². The normalized spacial score (nSPS) is 11.1. The molecule has 1 heterocycles. The molecular weight excluding hydrogens is 250 g/mol. The van der Waals surface area contributed by atoms with E-state index in [2.05, 4.69) is 23.8 Å². The Morgan fingerprint density at radius 1 is 1.05 bits per heavy atom. The van der Waals surface area contributed by atoms with Gasteiger partial charge in [-0.25, -0.2) is 9.97 Å². The Hall–Kier alpha value is -2.10. The molecule has 0 bridgehead atoms. The molecule has 0 radical (unpaired) electrons. The number of nitrogens with two attached hydrogens (primary N) is 1. The highest BCUT2D eigenvalue weighted by Gasteiger charge is 2.09. The van der Waals surface area contributed by atoms with Gasteiger partial charge >= 0.3 is 0 Å². The van der Waals surface area contributed by atoms with Crippen LogP contribution in [0.15, 0.2) is 30.3 Å².